The van der Waals surface area contributed by atoms with Gasteiger partial charge in [-0.2, -0.15) is 5.10 Å². The van der Waals surface area contributed by atoms with Gasteiger partial charge in [-0.05, 0) is 24.1 Å². The summed E-state index contributed by atoms with van der Waals surface area (Å²) in [6.07, 6.45) is 0. The quantitative estimate of drug-likeness (QED) is 0.687. The average molecular weight is 390 g/mol. The van der Waals surface area contributed by atoms with E-state index in [2.05, 4.69) is 22.1 Å². The third kappa shape index (κ3) is 3.88. The lowest BCUT2D eigenvalue weighted by molar-refractivity contribution is 0.0740. The maximum atomic E-state index is 13.3. The Morgan fingerprint density at radius 1 is 0.931 bits per heavy atom. The molecular formula is C23H26N4O2. The van der Waals surface area contributed by atoms with Gasteiger partial charge in [0.25, 0.3) is 11.5 Å². The summed E-state index contributed by atoms with van der Waals surface area (Å²) in [4.78, 5) is 30.3. The maximum absolute atomic E-state index is 13.3. The molecule has 0 unspecified atom stereocenters. The molecule has 2 heterocycles. The molecule has 0 bridgehead atoms. The van der Waals surface area contributed by atoms with E-state index in [0.717, 1.165) is 13.1 Å². The van der Waals surface area contributed by atoms with Crippen molar-refractivity contribution < 1.29 is 4.79 Å². The molecular weight excluding hydrogens is 364 g/mol. The van der Waals surface area contributed by atoms with Crippen LogP contribution >= 0.6 is 0 Å². The molecule has 1 fully saturated rings. The van der Waals surface area contributed by atoms with Crippen molar-refractivity contribution in [3.8, 4) is 0 Å². The van der Waals surface area contributed by atoms with E-state index in [1.54, 1.807) is 6.07 Å². The van der Waals surface area contributed by atoms with Crippen molar-refractivity contribution in [2.24, 2.45) is 5.92 Å². The van der Waals surface area contributed by atoms with E-state index in [1.165, 1.54) is 10.4 Å². The van der Waals surface area contributed by atoms with Gasteiger partial charge >= 0.3 is 0 Å². The molecule has 1 aliphatic heterocycles. The van der Waals surface area contributed by atoms with Crippen LogP contribution in [-0.2, 0) is 6.54 Å². The highest BCUT2D eigenvalue weighted by molar-refractivity contribution is 6.04. The average Bonchev–Trinajstić information content (AvgIpc) is 2.76. The van der Waals surface area contributed by atoms with Crippen molar-refractivity contribution in [2.45, 2.75) is 20.4 Å². The highest BCUT2D eigenvalue weighted by atomic mass is 16.2. The number of aromatic nitrogens is 2. The molecule has 0 N–H and O–H groups in total. The summed E-state index contributed by atoms with van der Waals surface area (Å²) in [6, 6.07) is 17.5. The van der Waals surface area contributed by atoms with E-state index in [0.29, 0.717) is 36.1 Å². The third-order valence-electron chi connectivity index (χ3n) is 5.30. The Hall–Kier alpha value is -3.15. The largest absolute Gasteiger partial charge is 0.368 e. The Bertz CT molecular complexity index is 1070. The maximum Gasteiger partial charge on any atom is 0.275 e. The van der Waals surface area contributed by atoms with E-state index in [-0.39, 0.29) is 17.4 Å². The molecule has 29 heavy (non-hydrogen) atoms. The van der Waals surface area contributed by atoms with E-state index in [9.17, 15) is 9.59 Å². The number of para-hydroxylation sites is 1. The molecule has 1 aliphatic rings. The first-order valence-corrected chi connectivity index (χ1v) is 10.1. The lowest BCUT2D eigenvalue weighted by Crippen LogP contribution is -2.49. The zero-order valence-corrected chi connectivity index (χ0v) is 16.9. The molecule has 0 spiro atoms. The number of rotatable bonds is 4. The van der Waals surface area contributed by atoms with Gasteiger partial charge in [-0.15, -0.1) is 0 Å². The Morgan fingerprint density at radius 3 is 2.21 bits per heavy atom. The minimum absolute atomic E-state index is 0.105. The number of anilines is 1. The molecule has 6 heteroatoms. The molecule has 3 aromatic rings. The van der Waals surface area contributed by atoms with Crippen LogP contribution < -0.4 is 10.5 Å². The number of hydrogen-bond acceptors (Lipinski definition) is 4. The first kappa shape index (κ1) is 19.2. The Morgan fingerprint density at radius 2 is 1.55 bits per heavy atom. The van der Waals surface area contributed by atoms with Crippen molar-refractivity contribution in [2.75, 3.05) is 31.1 Å². The van der Waals surface area contributed by atoms with Gasteiger partial charge in [0.2, 0.25) is 0 Å². The standard InChI is InChI=1S/C23H26N4O2/c1-17(2)16-27-22(28)20-11-7-6-10-19(20)21(24-27)23(29)26-14-12-25(13-15-26)18-8-4-3-5-9-18/h3-11,17H,12-16H2,1-2H3. The molecule has 1 saturated heterocycles. The lowest BCUT2D eigenvalue weighted by Gasteiger charge is -2.36. The van der Waals surface area contributed by atoms with Crippen molar-refractivity contribution in [1.82, 2.24) is 14.7 Å². The van der Waals surface area contributed by atoms with E-state index in [1.807, 2.05) is 55.1 Å². The molecule has 0 radical (unpaired) electrons. The molecule has 150 valence electrons. The monoisotopic (exact) mass is 390 g/mol. The van der Waals surface area contributed by atoms with Crippen LogP contribution in [0.4, 0.5) is 5.69 Å². The van der Waals surface area contributed by atoms with Gasteiger partial charge in [0.05, 0.1) is 5.39 Å². The van der Waals surface area contributed by atoms with Gasteiger partial charge in [-0.1, -0.05) is 50.2 Å². The second-order valence-electron chi connectivity index (χ2n) is 7.89. The summed E-state index contributed by atoms with van der Waals surface area (Å²) in [5.41, 5.74) is 1.41. The molecule has 6 nitrogen and oxygen atoms in total. The SMILES string of the molecule is CC(C)Cn1nc(C(=O)N2CCN(c3ccccc3)CC2)c2ccccc2c1=O. The van der Waals surface area contributed by atoms with Gasteiger partial charge in [-0.3, -0.25) is 9.59 Å². The minimum atomic E-state index is -0.139. The zero-order chi connectivity index (χ0) is 20.4. The number of carbonyl (C=O) groups excluding carboxylic acids is 1. The van der Waals surface area contributed by atoms with E-state index < -0.39 is 0 Å². The van der Waals surface area contributed by atoms with Gasteiger partial charge in [0.15, 0.2) is 5.69 Å². The summed E-state index contributed by atoms with van der Waals surface area (Å²) in [6.45, 7) is 7.38. The summed E-state index contributed by atoms with van der Waals surface area (Å²) >= 11 is 0. The van der Waals surface area contributed by atoms with Crippen LogP contribution in [0.25, 0.3) is 10.8 Å². The summed E-state index contributed by atoms with van der Waals surface area (Å²) < 4.78 is 1.44. The minimum Gasteiger partial charge on any atom is -0.368 e. The van der Waals surface area contributed by atoms with Crippen LogP contribution in [0.15, 0.2) is 59.4 Å². The second-order valence-corrected chi connectivity index (χ2v) is 7.89. The van der Waals surface area contributed by atoms with E-state index in [4.69, 9.17) is 0 Å². The number of carbonyl (C=O) groups is 1. The molecule has 0 atom stereocenters. The highest BCUT2D eigenvalue weighted by Gasteiger charge is 2.26. The van der Waals surface area contributed by atoms with Crippen LogP contribution in [0.5, 0.6) is 0 Å². The van der Waals surface area contributed by atoms with Crippen LogP contribution in [0, 0.1) is 5.92 Å². The molecule has 1 amide bonds. The van der Waals surface area contributed by atoms with Gasteiger partial charge in [-0.25, -0.2) is 4.68 Å². The number of amides is 1. The Kier molecular flexibility index (Phi) is 5.34. The normalized spacial score (nSPS) is 14.6. The van der Waals surface area contributed by atoms with Crippen molar-refractivity contribution in [3.05, 3.63) is 70.6 Å². The molecule has 0 saturated carbocycles. The fourth-order valence-corrected chi connectivity index (χ4v) is 3.82. The number of nitrogens with zero attached hydrogens (tertiary/aromatic N) is 4. The zero-order valence-electron chi connectivity index (χ0n) is 16.9. The van der Waals surface area contributed by atoms with Crippen LogP contribution in [0.3, 0.4) is 0 Å². The summed E-state index contributed by atoms with van der Waals surface area (Å²) in [7, 11) is 0. The van der Waals surface area contributed by atoms with Gasteiger partial charge in [0, 0.05) is 43.8 Å². The fourth-order valence-electron chi connectivity index (χ4n) is 3.82. The predicted octanol–water partition coefficient (Wildman–Crippen LogP) is 3.01. The number of fused-ring (bicyclic) bond motifs is 1. The fraction of sp³-hybridized carbons (Fsp3) is 0.348. The van der Waals surface area contributed by atoms with Crippen LogP contribution in [0.2, 0.25) is 0 Å². The van der Waals surface area contributed by atoms with Gasteiger partial charge < -0.3 is 9.80 Å². The molecule has 0 aliphatic carbocycles. The predicted molar refractivity (Wildman–Crippen MR) is 115 cm³/mol. The molecule has 1 aromatic heterocycles. The number of benzene rings is 2. The van der Waals surface area contributed by atoms with Crippen LogP contribution in [-0.4, -0.2) is 46.8 Å². The smallest absolute Gasteiger partial charge is 0.275 e. The molecule has 4 rings (SSSR count). The third-order valence-corrected chi connectivity index (χ3v) is 5.30. The first-order valence-electron chi connectivity index (χ1n) is 10.1. The Labute approximate surface area is 170 Å². The summed E-state index contributed by atoms with van der Waals surface area (Å²) in [5, 5.41) is 5.68. The lowest BCUT2D eigenvalue weighted by atomic mass is 10.1. The second kappa shape index (κ2) is 8.07. The van der Waals surface area contributed by atoms with Crippen molar-refractivity contribution in [1.29, 1.82) is 0 Å². The van der Waals surface area contributed by atoms with Crippen molar-refractivity contribution in [3.63, 3.8) is 0 Å². The Balaban J connectivity index is 1.62. The van der Waals surface area contributed by atoms with E-state index >= 15 is 0 Å². The number of piperazine rings is 1. The van der Waals surface area contributed by atoms with Crippen LogP contribution in [0.1, 0.15) is 24.3 Å². The first-order chi connectivity index (χ1) is 14.0. The number of hydrogen-bond donors (Lipinski definition) is 0. The molecule has 2 aromatic carbocycles. The summed E-state index contributed by atoms with van der Waals surface area (Å²) in [5.74, 6) is 0.158. The topological polar surface area (TPSA) is 58.4 Å². The van der Waals surface area contributed by atoms with Crippen molar-refractivity contribution >= 4 is 22.4 Å². The highest BCUT2D eigenvalue weighted by Crippen LogP contribution is 2.19. The van der Waals surface area contributed by atoms with Gasteiger partial charge in [0.1, 0.15) is 0 Å².